The van der Waals surface area contributed by atoms with E-state index in [-0.39, 0.29) is 30.2 Å². The van der Waals surface area contributed by atoms with Crippen LogP contribution in [0, 0.1) is 10.1 Å². The first-order chi connectivity index (χ1) is 10.9. The third kappa shape index (κ3) is 3.90. The molecule has 1 amide bonds. The summed E-state index contributed by atoms with van der Waals surface area (Å²) in [6.07, 6.45) is 4.82. The summed E-state index contributed by atoms with van der Waals surface area (Å²) in [6, 6.07) is -0.685. The lowest BCUT2D eigenvalue weighted by atomic mass is 10.3. The Morgan fingerprint density at radius 3 is 2.70 bits per heavy atom. The Labute approximate surface area is 129 Å². The molecule has 2 heterocycles. The summed E-state index contributed by atoms with van der Waals surface area (Å²) in [7, 11) is 0. The lowest BCUT2D eigenvalue weighted by Crippen LogP contribution is -2.33. The molecule has 0 aromatic carbocycles. The summed E-state index contributed by atoms with van der Waals surface area (Å²) >= 11 is 0. The number of aromatic carboxylic acids is 1. The van der Waals surface area contributed by atoms with Crippen LogP contribution in [-0.2, 0) is 11.3 Å². The van der Waals surface area contributed by atoms with E-state index in [1.54, 1.807) is 6.92 Å². The molecule has 0 saturated carbocycles. The van der Waals surface area contributed by atoms with Gasteiger partial charge in [-0.15, -0.1) is 0 Å². The molecule has 0 bridgehead atoms. The van der Waals surface area contributed by atoms with Crippen LogP contribution in [-0.4, -0.2) is 48.0 Å². The van der Waals surface area contributed by atoms with Gasteiger partial charge in [0.25, 0.3) is 0 Å². The normalized spacial score (nSPS) is 11.9. The topological polar surface area (TPSA) is 145 Å². The number of amides is 1. The summed E-state index contributed by atoms with van der Waals surface area (Å²) in [6.45, 7) is 2.06. The fourth-order valence-corrected chi connectivity index (χ4v) is 1.79. The average molecular weight is 322 g/mol. The van der Waals surface area contributed by atoms with E-state index in [2.05, 4.69) is 15.5 Å². The standard InChI is InChI=1S/C12H14N6O5/c1-8(17-6-9(4-15-17)12(20)21)11(19)13-2-3-16-7-10(5-14-16)18(22)23/h4-8H,2-3H2,1H3,(H,13,19)(H,20,21). The van der Waals surface area contributed by atoms with Gasteiger partial charge in [0.15, 0.2) is 0 Å². The number of nitrogens with one attached hydrogen (secondary N) is 1. The summed E-state index contributed by atoms with van der Waals surface area (Å²) in [5.41, 5.74) is -0.129. The Hall–Kier alpha value is -3.24. The van der Waals surface area contributed by atoms with Crippen LogP contribution >= 0.6 is 0 Å². The van der Waals surface area contributed by atoms with Gasteiger partial charge in [0.2, 0.25) is 5.91 Å². The minimum Gasteiger partial charge on any atom is -0.478 e. The number of carboxylic acids is 1. The maximum absolute atomic E-state index is 12.0. The molecule has 1 unspecified atom stereocenters. The molecular weight excluding hydrogens is 308 g/mol. The molecule has 2 N–H and O–H groups in total. The fourth-order valence-electron chi connectivity index (χ4n) is 1.79. The van der Waals surface area contributed by atoms with Gasteiger partial charge in [0.1, 0.15) is 18.4 Å². The first kappa shape index (κ1) is 16.1. The Balaban J connectivity index is 1.85. The largest absolute Gasteiger partial charge is 0.478 e. The Bertz CT molecular complexity index is 736. The second-order valence-corrected chi connectivity index (χ2v) is 4.70. The van der Waals surface area contributed by atoms with Crippen LogP contribution in [0.2, 0.25) is 0 Å². The predicted octanol–water partition coefficient (Wildman–Crippen LogP) is 0.0634. The lowest BCUT2D eigenvalue weighted by Gasteiger charge is -2.12. The van der Waals surface area contributed by atoms with Crippen LogP contribution in [0.4, 0.5) is 5.69 Å². The van der Waals surface area contributed by atoms with Gasteiger partial charge in [-0.2, -0.15) is 10.2 Å². The number of nitrogens with zero attached hydrogens (tertiary/aromatic N) is 5. The molecule has 0 aliphatic rings. The summed E-state index contributed by atoms with van der Waals surface area (Å²) in [5, 5.41) is 29.6. The number of hydrogen-bond donors (Lipinski definition) is 2. The fraction of sp³-hybridized carbons (Fsp3) is 0.333. The Morgan fingerprint density at radius 1 is 1.39 bits per heavy atom. The van der Waals surface area contributed by atoms with E-state index < -0.39 is 16.9 Å². The van der Waals surface area contributed by atoms with E-state index in [0.717, 1.165) is 12.4 Å². The number of rotatable bonds is 7. The highest BCUT2D eigenvalue weighted by molar-refractivity contribution is 5.87. The van der Waals surface area contributed by atoms with E-state index in [9.17, 15) is 19.7 Å². The SMILES string of the molecule is CC(C(=O)NCCn1cc([N+](=O)[O-])cn1)n1cc(C(=O)O)cn1. The van der Waals surface area contributed by atoms with Crippen molar-refractivity contribution in [1.82, 2.24) is 24.9 Å². The van der Waals surface area contributed by atoms with Gasteiger partial charge >= 0.3 is 11.7 Å². The van der Waals surface area contributed by atoms with Crippen LogP contribution in [0.15, 0.2) is 24.8 Å². The van der Waals surface area contributed by atoms with Crippen molar-refractivity contribution in [3.8, 4) is 0 Å². The second kappa shape index (κ2) is 6.68. The molecule has 11 heteroatoms. The predicted molar refractivity (Wildman–Crippen MR) is 75.8 cm³/mol. The highest BCUT2D eigenvalue weighted by Crippen LogP contribution is 2.08. The molecule has 1 atom stereocenters. The molecule has 0 spiro atoms. The molecule has 11 nitrogen and oxygen atoms in total. The number of nitro groups is 1. The van der Waals surface area contributed by atoms with Gasteiger partial charge in [-0.1, -0.05) is 0 Å². The quantitative estimate of drug-likeness (QED) is 0.541. The van der Waals surface area contributed by atoms with Crippen molar-refractivity contribution in [1.29, 1.82) is 0 Å². The van der Waals surface area contributed by atoms with Gasteiger partial charge in [0.05, 0.1) is 23.2 Å². The number of carboxylic acid groups (broad SMARTS) is 1. The van der Waals surface area contributed by atoms with Crippen molar-refractivity contribution in [3.63, 3.8) is 0 Å². The van der Waals surface area contributed by atoms with Crippen molar-refractivity contribution in [2.24, 2.45) is 0 Å². The Morgan fingerprint density at radius 2 is 2.13 bits per heavy atom. The maximum Gasteiger partial charge on any atom is 0.338 e. The maximum atomic E-state index is 12.0. The molecule has 0 aliphatic heterocycles. The first-order valence-corrected chi connectivity index (χ1v) is 6.60. The van der Waals surface area contributed by atoms with Gasteiger partial charge in [-0.3, -0.25) is 24.3 Å². The lowest BCUT2D eigenvalue weighted by molar-refractivity contribution is -0.385. The molecule has 2 rings (SSSR count). The van der Waals surface area contributed by atoms with Crippen molar-refractivity contribution < 1.29 is 19.6 Å². The van der Waals surface area contributed by atoms with E-state index in [1.807, 2.05) is 0 Å². The van der Waals surface area contributed by atoms with Crippen LogP contribution < -0.4 is 5.32 Å². The van der Waals surface area contributed by atoms with Crippen LogP contribution in [0.5, 0.6) is 0 Å². The van der Waals surface area contributed by atoms with Gasteiger partial charge in [-0.05, 0) is 6.92 Å². The minimum absolute atomic E-state index is 0.00602. The van der Waals surface area contributed by atoms with E-state index in [1.165, 1.54) is 21.8 Å². The second-order valence-electron chi connectivity index (χ2n) is 4.70. The van der Waals surface area contributed by atoms with E-state index in [0.29, 0.717) is 0 Å². The average Bonchev–Trinajstić information content (AvgIpc) is 3.15. The minimum atomic E-state index is -1.12. The highest BCUT2D eigenvalue weighted by atomic mass is 16.6. The summed E-state index contributed by atoms with van der Waals surface area (Å²) in [4.78, 5) is 32.7. The number of carbonyl (C=O) groups excluding carboxylic acids is 1. The van der Waals surface area contributed by atoms with Crippen molar-refractivity contribution in [2.45, 2.75) is 19.5 Å². The molecule has 2 aromatic rings. The monoisotopic (exact) mass is 322 g/mol. The molecule has 122 valence electrons. The molecule has 23 heavy (non-hydrogen) atoms. The number of hydrogen-bond acceptors (Lipinski definition) is 6. The van der Waals surface area contributed by atoms with E-state index >= 15 is 0 Å². The van der Waals surface area contributed by atoms with Crippen LogP contribution in [0.1, 0.15) is 23.3 Å². The van der Waals surface area contributed by atoms with Gasteiger partial charge in [0, 0.05) is 12.7 Å². The molecular formula is C12H14N6O5. The van der Waals surface area contributed by atoms with Crippen molar-refractivity contribution in [3.05, 3.63) is 40.5 Å². The number of carbonyl (C=O) groups is 2. The molecule has 0 saturated heterocycles. The molecule has 2 aromatic heterocycles. The molecule has 0 fully saturated rings. The van der Waals surface area contributed by atoms with Crippen molar-refractivity contribution in [2.75, 3.05) is 6.54 Å². The Kier molecular flexibility index (Phi) is 4.69. The zero-order valence-corrected chi connectivity index (χ0v) is 12.1. The zero-order chi connectivity index (χ0) is 17.0. The van der Waals surface area contributed by atoms with Crippen molar-refractivity contribution >= 4 is 17.6 Å². The van der Waals surface area contributed by atoms with Gasteiger partial charge in [-0.25, -0.2) is 4.79 Å². The zero-order valence-electron chi connectivity index (χ0n) is 12.1. The van der Waals surface area contributed by atoms with Gasteiger partial charge < -0.3 is 10.4 Å². The van der Waals surface area contributed by atoms with Crippen LogP contribution in [0.25, 0.3) is 0 Å². The first-order valence-electron chi connectivity index (χ1n) is 6.60. The highest BCUT2D eigenvalue weighted by Gasteiger charge is 2.17. The van der Waals surface area contributed by atoms with E-state index in [4.69, 9.17) is 5.11 Å². The third-order valence-corrected chi connectivity index (χ3v) is 3.10. The molecule has 0 radical (unpaired) electrons. The summed E-state index contributed by atoms with van der Waals surface area (Å²) < 4.78 is 2.59. The number of aromatic nitrogens is 4. The molecule has 0 aliphatic carbocycles. The summed E-state index contributed by atoms with van der Waals surface area (Å²) in [5.74, 6) is -1.48. The smallest absolute Gasteiger partial charge is 0.338 e. The third-order valence-electron chi connectivity index (χ3n) is 3.10. The van der Waals surface area contributed by atoms with Crippen LogP contribution in [0.3, 0.4) is 0 Å².